The van der Waals surface area contributed by atoms with Gasteiger partial charge in [-0.15, -0.1) is 0 Å². The van der Waals surface area contributed by atoms with E-state index in [1.807, 2.05) is 18.9 Å². The molecule has 1 atom stereocenters. The SMILES string of the molecule is CCCN(C)C(C)C(=O)Nc1ccc(F)c(N)c1. The molecule has 0 heterocycles. The highest BCUT2D eigenvalue weighted by Crippen LogP contribution is 2.16. The zero-order valence-electron chi connectivity index (χ0n) is 11.0. The molecule has 0 radical (unpaired) electrons. The van der Waals surface area contributed by atoms with Crippen molar-refractivity contribution in [3.63, 3.8) is 0 Å². The smallest absolute Gasteiger partial charge is 0.241 e. The van der Waals surface area contributed by atoms with Crippen molar-refractivity contribution in [2.45, 2.75) is 26.3 Å². The summed E-state index contributed by atoms with van der Waals surface area (Å²) in [6.07, 6.45) is 0.984. The third-order valence-electron chi connectivity index (χ3n) is 2.88. The number of halogens is 1. The topological polar surface area (TPSA) is 58.4 Å². The van der Waals surface area contributed by atoms with Crippen molar-refractivity contribution in [1.82, 2.24) is 4.90 Å². The van der Waals surface area contributed by atoms with Crippen LogP contribution in [0.4, 0.5) is 15.8 Å². The molecule has 0 fully saturated rings. The van der Waals surface area contributed by atoms with Gasteiger partial charge in [0, 0.05) is 5.69 Å². The van der Waals surface area contributed by atoms with Crippen LogP contribution in [0.5, 0.6) is 0 Å². The molecule has 0 bridgehead atoms. The Balaban J connectivity index is 2.66. The lowest BCUT2D eigenvalue weighted by molar-refractivity contribution is -0.120. The Kier molecular flexibility index (Phi) is 5.09. The maximum absolute atomic E-state index is 13.0. The Morgan fingerprint density at radius 3 is 2.78 bits per heavy atom. The molecule has 1 rings (SSSR count). The molecule has 4 nitrogen and oxygen atoms in total. The van der Waals surface area contributed by atoms with Gasteiger partial charge in [-0.05, 0) is 45.1 Å². The first-order valence-corrected chi connectivity index (χ1v) is 6.01. The zero-order valence-corrected chi connectivity index (χ0v) is 11.0. The Morgan fingerprint density at radius 1 is 1.56 bits per heavy atom. The molecule has 0 aliphatic carbocycles. The van der Waals surface area contributed by atoms with Crippen LogP contribution in [0.25, 0.3) is 0 Å². The molecule has 0 aliphatic rings. The van der Waals surface area contributed by atoms with Crippen molar-refractivity contribution >= 4 is 17.3 Å². The fourth-order valence-electron chi connectivity index (χ4n) is 1.61. The van der Waals surface area contributed by atoms with Crippen molar-refractivity contribution in [1.29, 1.82) is 0 Å². The Morgan fingerprint density at radius 2 is 2.22 bits per heavy atom. The molecular weight excluding hydrogens is 233 g/mol. The van der Waals surface area contributed by atoms with Crippen LogP contribution in [0.1, 0.15) is 20.3 Å². The van der Waals surface area contributed by atoms with E-state index in [4.69, 9.17) is 5.73 Å². The number of nitrogens with two attached hydrogens (primary N) is 1. The first-order chi connectivity index (χ1) is 8.45. The number of rotatable bonds is 5. The van der Waals surface area contributed by atoms with Gasteiger partial charge in [0.05, 0.1) is 11.7 Å². The summed E-state index contributed by atoms with van der Waals surface area (Å²) in [6.45, 7) is 4.74. The third kappa shape index (κ3) is 3.70. The summed E-state index contributed by atoms with van der Waals surface area (Å²) in [4.78, 5) is 13.9. The summed E-state index contributed by atoms with van der Waals surface area (Å²) in [6, 6.07) is 3.91. The number of anilines is 2. The quantitative estimate of drug-likeness (QED) is 0.790. The molecule has 18 heavy (non-hydrogen) atoms. The van der Waals surface area contributed by atoms with Gasteiger partial charge in [0.2, 0.25) is 5.91 Å². The summed E-state index contributed by atoms with van der Waals surface area (Å²) < 4.78 is 13.0. The lowest BCUT2D eigenvalue weighted by atomic mass is 10.2. The second kappa shape index (κ2) is 6.35. The van der Waals surface area contributed by atoms with Gasteiger partial charge in [-0.25, -0.2) is 4.39 Å². The van der Waals surface area contributed by atoms with E-state index in [9.17, 15) is 9.18 Å². The van der Waals surface area contributed by atoms with E-state index >= 15 is 0 Å². The highest BCUT2D eigenvalue weighted by atomic mass is 19.1. The van der Waals surface area contributed by atoms with Gasteiger partial charge in [0.25, 0.3) is 0 Å². The number of carbonyl (C=O) groups excluding carboxylic acids is 1. The second-order valence-corrected chi connectivity index (χ2v) is 4.38. The molecule has 1 aromatic rings. The van der Waals surface area contributed by atoms with Crippen molar-refractivity contribution < 1.29 is 9.18 Å². The number of hydrogen-bond acceptors (Lipinski definition) is 3. The highest BCUT2D eigenvalue weighted by Gasteiger charge is 2.17. The van der Waals surface area contributed by atoms with Gasteiger partial charge in [0.15, 0.2) is 0 Å². The van der Waals surface area contributed by atoms with Crippen LogP contribution >= 0.6 is 0 Å². The van der Waals surface area contributed by atoms with Crippen LogP contribution in [0.15, 0.2) is 18.2 Å². The largest absolute Gasteiger partial charge is 0.396 e. The fraction of sp³-hybridized carbons (Fsp3) is 0.462. The molecule has 100 valence electrons. The Bertz CT molecular complexity index is 423. The monoisotopic (exact) mass is 253 g/mol. The second-order valence-electron chi connectivity index (χ2n) is 4.38. The van der Waals surface area contributed by atoms with Crippen molar-refractivity contribution in [2.75, 3.05) is 24.6 Å². The average Bonchev–Trinajstić information content (AvgIpc) is 2.33. The summed E-state index contributed by atoms with van der Waals surface area (Å²) in [7, 11) is 1.90. The normalized spacial score (nSPS) is 12.5. The van der Waals surface area contributed by atoms with E-state index in [1.54, 1.807) is 0 Å². The van der Waals surface area contributed by atoms with E-state index in [1.165, 1.54) is 18.2 Å². The van der Waals surface area contributed by atoms with Gasteiger partial charge in [-0.2, -0.15) is 0 Å². The van der Waals surface area contributed by atoms with Crippen molar-refractivity contribution in [3.05, 3.63) is 24.0 Å². The summed E-state index contributed by atoms with van der Waals surface area (Å²) in [5, 5.41) is 2.72. The van der Waals surface area contributed by atoms with Gasteiger partial charge in [0.1, 0.15) is 5.82 Å². The first kappa shape index (κ1) is 14.4. The van der Waals surface area contributed by atoms with Crippen molar-refractivity contribution in [3.8, 4) is 0 Å². The number of nitrogen functional groups attached to an aromatic ring is 1. The molecule has 1 amide bonds. The number of carbonyl (C=O) groups is 1. The molecular formula is C13H20FN3O. The van der Waals surface area contributed by atoms with E-state index in [2.05, 4.69) is 12.2 Å². The van der Waals surface area contributed by atoms with Crippen molar-refractivity contribution in [2.24, 2.45) is 0 Å². The number of benzene rings is 1. The Labute approximate surface area is 107 Å². The molecule has 0 saturated carbocycles. The summed E-state index contributed by atoms with van der Waals surface area (Å²) in [5.74, 6) is -0.610. The minimum absolute atomic E-state index is 0.0300. The minimum atomic E-state index is -0.482. The van der Waals surface area contributed by atoms with Gasteiger partial charge in [-0.3, -0.25) is 9.69 Å². The van der Waals surface area contributed by atoms with Crippen LogP contribution in [-0.4, -0.2) is 30.4 Å². The molecule has 3 N–H and O–H groups in total. The molecule has 0 aromatic heterocycles. The lowest BCUT2D eigenvalue weighted by Crippen LogP contribution is -2.39. The van der Waals surface area contributed by atoms with Crippen LogP contribution in [0.2, 0.25) is 0 Å². The van der Waals surface area contributed by atoms with Gasteiger partial charge in [-0.1, -0.05) is 6.92 Å². The third-order valence-corrected chi connectivity index (χ3v) is 2.88. The maximum atomic E-state index is 13.0. The van der Waals surface area contributed by atoms with Crippen LogP contribution < -0.4 is 11.1 Å². The number of nitrogens with zero attached hydrogens (tertiary/aromatic N) is 1. The maximum Gasteiger partial charge on any atom is 0.241 e. The van der Waals surface area contributed by atoms with E-state index < -0.39 is 5.82 Å². The molecule has 0 aliphatic heterocycles. The molecule has 5 heteroatoms. The van der Waals surface area contributed by atoms with Gasteiger partial charge >= 0.3 is 0 Å². The molecule has 1 unspecified atom stereocenters. The summed E-state index contributed by atoms with van der Waals surface area (Å²) >= 11 is 0. The Hall–Kier alpha value is -1.62. The average molecular weight is 253 g/mol. The van der Waals surface area contributed by atoms with E-state index in [0.717, 1.165) is 13.0 Å². The predicted octanol–water partition coefficient (Wildman–Crippen LogP) is 2.08. The van der Waals surface area contributed by atoms with E-state index in [0.29, 0.717) is 5.69 Å². The lowest BCUT2D eigenvalue weighted by Gasteiger charge is -2.23. The number of nitrogens with one attached hydrogen (secondary N) is 1. The minimum Gasteiger partial charge on any atom is -0.396 e. The fourth-order valence-corrected chi connectivity index (χ4v) is 1.61. The van der Waals surface area contributed by atoms with Crippen LogP contribution in [-0.2, 0) is 4.79 Å². The number of hydrogen-bond donors (Lipinski definition) is 2. The number of amides is 1. The van der Waals surface area contributed by atoms with E-state index in [-0.39, 0.29) is 17.6 Å². The van der Waals surface area contributed by atoms with Crippen LogP contribution in [0, 0.1) is 5.82 Å². The summed E-state index contributed by atoms with van der Waals surface area (Å²) in [5.41, 5.74) is 5.98. The predicted molar refractivity (Wildman–Crippen MR) is 71.8 cm³/mol. The zero-order chi connectivity index (χ0) is 13.7. The first-order valence-electron chi connectivity index (χ1n) is 6.01. The van der Waals surface area contributed by atoms with Crippen LogP contribution in [0.3, 0.4) is 0 Å². The highest BCUT2D eigenvalue weighted by molar-refractivity contribution is 5.94. The molecule has 1 aromatic carbocycles. The van der Waals surface area contributed by atoms with Gasteiger partial charge < -0.3 is 11.1 Å². The molecule has 0 spiro atoms. The standard InChI is InChI=1S/C13H20FN3O/c1-4-7-17(3)9(2)13(18)16-10-5-6-11(14)12(15)8-10/h5-6,8-9H,4,7,15H2,1-3H3,(H,16,18). The molecule has 0 saturated heterocycles. The number of likely N-dealkylation sites (N-methyl/N-ethyl adjacent to an activating group) is 1.